The molecular formula is C21H33ClO. The fourth-order valence-electron chi connectivity index (χ4n) is 7.45. The Morgan fingerprint density at radius 2 is 1.91 bits per heavy atom. The van der Waals surface area contributed by atoms with Crippen LogP contribution in [0.5, 0.6) is 0 Å². The van der Waals surface area contributed by atoms with Crippen LogP contribution in [0.3, 0.4) is 0 Å². The van der Waals surface area contributed by atoms with Crippen molar-refractivity contribution in [2.24, 2.45) is 34.5 Å². The molecule has 3 fully saturated rings. The van der Waals surface area contributed by atoms with Gasteiger partial charge in [0, 0.05) is 5.38 Å². The molecule has 1 nitrogen and oxygen atoms in total. The minimum Gasteiger partial charge on any atom is -0.393 e. The van der Waals surface area contributed by atoms with E-state index in [-0.39, 0.29) is 6.10 Å². The molecule has 0 unspecified atom stereocenters. The quantitative estimate of drug-likeness (QED) is 0.491. The van der Waals surface area contributed by atoms with E-state index >= 15 is 0 Å². The minimum absolute atomic E-state index is 0.140. The molecule has 3 saturated carbocycles. The SMILES string of the molecule is C[C@H](O)[C@H]1CC[C@H]2[C@H]3CC=C4C[C@@H](Cl)CC[C@]4(C)[C@@H]3CC[C@]12C. The second kappa shape index (κ2) is 5.49. The van der Waals surface area contributed by atoms with E-state index < -0.39 is 0 Å². The first-order valence-corrected chi connectivity index (χ1v) is 10.3. The first-order chi connectivity index (χ1) is 10.9. The molecule has 130 valence electrons. The number of hydrogen-bond acceptors (Lipinski definition) is 1. The van der Waals surface area contributed by atoms with Crippen molar-refractivity contribution in [3.63, 3.8) is 0 Å². The standard InChI is InChI=1S/C21H33ClO/c1-13(23)17-6-7-18-16-5-4-14-12-15(22)8-10-20(14,2)19(16)9-11-21(17,18)3/h4,13,15-19,23H,5-12H2,1-3H3/t13-,15-,16+,17+,18-,19+,20-,21+/m0/s1. The number of alkyl halides is 1. The molecule has 4 aliphatic rings. The van der Waals surface area contributed by atoms with Crippen LogP contribution in [0.25, 0.3) is 0 Å². The van der Waals surface area contributed by atoms with Gasteiger partial charge in [0.15, 0.2) is 0 Å². The number of hydrogen-bond donors (Lipinski definition) is 1. The van der Waals surface area contributed by atoms with Crippen molar-refractivity contribution >= 4 is 11.6 Å². The summed E-state index contributed by atoms with van der Waals surface area (Å²) in [6, 6.07) is 0. The van der Waals surface area contributed by atoms with Crippen LogP contribution >= 0.6 is 11.6 Å². The van der Waals surface area contributed by atoms with Crippen molar-refractivity contribution in [2.75, 3.05) is 0 Å². The summed E-state index contributed by atoms with van der Waals surface area (Å²) in [6.07, 6.45) is 12.6. The van der Waals surface area contributed by atoms with Crippen LogP contribution in [0.2, 0.25) is 0 Å². The molecule has 0 heterocycles. The lowest BCUT2D eigenvalue weighted by atomic mass is 9.47. The van der Waals surface area contributed by atoms with Crippen LogP contribution in [0, 0.1) is 34.5 Å². The second-order valence-corrected chi connectivity index (χ2v) is 10.2. The van der Waals surface area contributed by atoms with Gasteiger partial charge in [0.25, 0.3) is 0 Å². The van der Waals surface area contributed by atoms with Gasteiger partial charge in [0.1, 0.15) is 0 Å². The van der Waals surface area contributed by atoms with E-state index in [1.807, 2.05) is 6.92 Å². The lowest BCUT2D eigenvalue weighted by molar-refractivity contribution is -0.0618. The Balaban J connectivity index is 1.65. The molecule has 0 aromatic rings. The maximum Gasteiger partial charge on any atom is 0.0545 e. The van der Waals surface area contributed by atoms with Crippen LogP contribution in [0.15, 0.2) is 11.6 Å². The second-order valence-electron chi connectivity index (χ2n) is 9.57. The molecule has 0 aromatic heterocycles. The van der Waals surface area contributed by atoms with Gasteiger partial charge in [-0.3, -0.25) is 0 Å². The predicted octanol–water partition coefficient (Wildman–Crippen LogP) is 5.55. The normalized spacial score (nSPS) is 53.8. The molecule has 0 aliphatic heterocycles. The van der Waals surface area contributed by atoms with Crippen molar-refractivity contribution < 1.29 is 5.11 Å². The molecule has 2 heteroatoms. The van der Waals surface area contributed by atoms with Gasteiger partial charge in [-0.1, -0.05) is 25.5 Å². The van der Waals surface area contributed by atoms with Gasteiger partial charge in [0.05, 0.1) is 6.10 Å². The average Bonchev–Trinajstić information content (AvgIpc) is 2.85. The van der Waals surface area contributed by atoms with E-state index in [0.29, 0.717) is 22.1 Å². The predicted molar refractivity (Wildman–Crippen MR) is 96.5 cm³/mol. The highest BCUT2D eigenvalue weighted by atomic mass is 35.5. The van der Waals surface area contributed by atoms with Gasteiger partial charge < -0.3 is 5.11 Å². The topological polar surface area (TPSA) is 20.2 Å². The Labute approximate surface area is 146 Å². The highest BCUT2D eigenvalue weighted by molar-refractivity contribution is 6.20. The average molecular weight is 337 g/mol. The Kier molecular flexibility index (Phi) is 3.93. The van der Waals surface area contributed by atoms with E-state index in [4.69, 9.17) is 11.6 Å². The zero-order valence-electron chi connectivity index (χ0n) is 15.0. The van der Waals surface area contributed by atoms with Gasteiger partial charge in [0.2, 0.25) is 0 Å². The summed E-state index contributed by atoms with van der Waals surface area (Å²) in [5.74, 6) is 3.05. The molecular weight excluding hydrogens is 304 g/mol. The van der Waals surface area contributed by atoms with Gasteiger partial charge in [-0.15, -0.1) is 11.6 Å². The maximum atomic E-state index is 10.3. The van der Waals surface area contributed by atoms with E-state index in [2.05, 4.69) is 19.9 Å². The lowest BCUT2D eigenvalue weighted by Crippen LogP contribution is -2.51. The molecule has 0 radical (unpaired) electrons. The third-order valence-electron chi connectivity index (χ3n) is 8.70. The summed E-state index contributed by atoms with van der Waals surface area (Å²) in [4.78, 5) is 0. The smallest absolute Gasteiger partial charge is 0.0545 e. The van der Waals surface area contributed by atoms with E-state index in [1.165, 1.54) is 44.9 Å². The maximum absolute atomic E-state index is 10.3. The van der Waals surface area contributed by atoms with Crippen LogP contribution < -0.4 is 0 Å². The molecule has 4 rings (SSSR count). The Morgan fingerprint density at radius 1 is 1.13 bits per heavy atom. The molecule has 0 aromatic carbocycles. The Morgan fingerprint density at radius 3 is 2.65 bits per heavy atom. The van der Waals surface area contributed by atoms with Crippen LogP contribution in [-0.2, 0) is 0 Å². The van der Waals surface area contributed by atoms with Crippen LogP contribution in [0.1, 0.15) is 72.1 Å². The van der Waals surface area contributed by atoms with Crippen molar-refractivity contribution in [3.8, 4) is 0 Å². The summed E-state index contributed by atoms with van der Waals surface area (Å²) >= 11 is 6.47. The van der Waals surface area contributed by atoms with E-state index in [1.54, 1.807) is 5.57 Å². The van der Waals surface area contributed by atoms with Crippen LogP contribution in [0.4, 0.5) is 0 Å². The zero-order chi connectivity index (χ0) is 16.4. The van der Waals surface area contributed by atoms with Crippen molar-refractivity contribution in [1.29, 1.82) is 0 Å². The molecule has 1 N–H and O–H groups in total. The number of rotatable bonds is 1. The van der Waals surface area contributed by atoms with Crippen molar-refractivity contribution in [3.05, 3.63) is 11.6 Å². The first kappa shape index (κ1) is 16.5. The molecule has 0 spiro atoms. The molecule has 23 heavy (non-hydrogen) atoms. The van der Waals surface area contributed by atoms with Gasteiger partial charge in [-0.25, -0.2) is 0 Å². The monoisotopic (exact) mass is 336 g/mol. The largest absolute Gasteiger partial charge is 0.393 e. The lowest BCUT2D eigenvalue weighted by Gasteiger charge is -2.58. The highest BCUT2D eigenvalue weighted by Crippen LogP contribution is 2.66. The minimum atomic E-state index is -0.140. The summed E-state index contributed by atoms with van der Waals surface area (Å²) in [6.45, 7) is 7.06. The van der Waals surface area contributed by atoms with Gasteiger partial charge in [-0.2, -0.15) is 0 Å². The zero-order valence-corrected chi connectivity index (χ0v) is 15.8. The molecule has 4 aliphatic carbocycles. The fraction of sp³-hybridized carbons (Fsp3) is 0.905. The fourth-order valence-corrected chi connectivity index (χ4v) is 7.72. The summed E-state index contributed by atoms with van der Waals surface area (Å²) in [5.41, 5.74) is 2.47. The molecule has 8 atom stereocenters. The van der Waals surface area contributed by atoms with E-state index in [9.17, 15) is 5.11 Å². The summed E-state index contributed by atoms with van der Waals surface area (Å²) in [7, 11) is 0. The van der Waals surface area contributed by atoms with Crippen LogP contribution in [-0.4, -0.2) is 16.6 Å². The molecule has 0 bridgehead atoms. The number of aliphatic hydroxyl groups excluding tert-OH is 1. The highest BCUT2D eigenvalue weighted by Gasteiger charge is 2.59. The van der Waals surface area contributed by atoms with Crippen molar-refractivity contribution in [2.45, 2.75) is 83.6 Å². The molecule has 0 saturated heterocycles. The van der Waals surface area contributed by atoms with Gasteiger partial charge in [-0.05, 0) is 92.8 Å². The number of halogens is 1. The van der Waals surface area contributed by atoms with E-state index in [0.717, 1.165) is 24.2 Å². The Hall–Kier alpha value is -0.0100. The first-order valence-electron chi connectivity index (χ1n) is 9.88. The third-order valence-corrected chi connectivity index (χ3v) is 9.07. The summed E-state index contributed by atoms with van der Waals surface area (Å²) in [5, 5.41) is 10.7. The Bertz CT molecular complexity index is 512. The van der Waals surface area contributed by atoms with Crippen molar-refractivity contribution in [1.82, 2.24) is 0 Å². The number of fused-ring (bicyclic) bond motifs is 5. The number of allylic oxidation sites excluding steroid dienone is 2. The summed E-state index contributed by atoms with van der Waals surface area (Å²) < 4.78 is 0. The number of aliphatic hydroxyl groups is 1. The third kappa shape index (κ3) is 2.29. The van der Waals surface area contributed by atoms with Gasteiger partial charge >= 0.3 is 0 Å². The molecule has 0 amide bonds.